The largest absolute Gasteiger partial charge is 0.465 e. The average Bonchev–Trinajstić information content (AvgIpc) is 2.80. The molecule has 2 rings (SSSR count). The molecule has 0 bridgehead atoms. The molecular formula is C18H28N2O2. The Balaban J connectivity index is 2.01. The van der Waals surface area contributed by atoms with Crippen LogP contribution in [0.1, 0.15) is 38.7 Å². The Hall–Kier alpha value is -1.55. The molecular weight excluding hydrogens is 276 g/mol. The maximum absolute atomic E-state index is 11.4. The van der Waals surface area contributed by atoms with E-state index >= 15 is 0 Å². The fourth-order valence-electron chi connectivity index (χ4n) is 3.78. The summed E-state index contributed by atoms with van der Waals surface area (Å²) in [5, 5.41) is 9.39. The van der Waals surface area contributed by atoms with Crippen molar-refractivity contribution in [1.29, 1.82) is 0 Å². The molecule has 2 unspecified atom stereocenters. The SMILES string of the molecule is CC1(C)CC(C(CCN)CCc2ccccc2)CN1C(=O)O. The van der Waals surface area contributed by atoms with Crippen molar-refractivity contribution in [2.24, 2.45) is 17.6 Å². The highest BCUT2D eigenvalue weighted by Crippen LogP contribution is 2.39. The van der Waals surface area contributed by atoms with Gasteiger partial charge >= 0.3 is 6.09 Å². The van der Waals surface area contributed by atoms with Gasteiger partial charge in [-0.1, -0.05) is 30.3 Å². The van der Waals surface area contributed by atoms with E-state index in [9.17, 15) is 9.90 Å². The molecule has 1 aliphatic rings. The van der Waals surface area contributed by atoms with Gasteiger partial charge in [-0.15, -0.1) is 0 Å². The van der Waals surface area contributed by atoms with Crippen LogP contribution in [0, 0.1) is 11.8 Å². The van der Waals surface area contributed by atoms with Gasteiger partial charge in [-0.25, -0.2) is 4.79 Å². The first-order valence-corrected chi connectivity index (χ1v) is 8.18. The number of nitrogens with zero attached hydrogens (tertiary/aromatic N) is 1. The zero-order valence-corrected chi connectivity index (χ0v) is 13.7. The van der Waals surface area contributed by atoms with E-state index in [1.54, 1.807) is 4.90 Å². The predicted molar refractivity (Wildman–Crippen MR) is 88.8 cm³/mol. The van der Waals surface area contributed by atoms with E-state index in [-0.39, 0.29) is 5.54 Å². The van der Waals surface area contributed by atoms with Crippen LogP contribution in [0.5, 0.6) is 0 Å². The lowest BCUT2D eigenvalue weighted by Gasteiger charge is -2.28. The molecule has 2 atom stereocenters. The van der Waals surface area contributed by atoms with Crippen molar-refractivity contribution >= 4 is 6.09 Å². The highest BCUT2D eigenvalue weighted by Gasteiger charge is 2.43. The number of carbonyl (C=O) groups is 1. The molecule has 0 aromatic heterocycles. The lowest BCUT2D eigenvalue weighted by atomic mass is 9.81. The number of nitrogens with two attached hydrogens (primary N) is 1. The first-order valence-electron chi connectivity index (χ1n) is 8.18. The molecule has 3 N–H and O–H groups in total. The van der Waals surface area contributed by atoms with Gasteiger partial charge in [-0.05, 0) is 63.5 Å². The first kappa shape index (κ1) is 16.8. The van der Waals surface area contributed by atoms with Gasteiger partial charge < -0.3 is 15.7 Å². The quantitative estimate of drug-likeness (QED) is 0.847. The van der Waals surface area contributed by atoms with Crippen LogP contribution in [0.2, 0.25) is 0 Å². The molecule has 22 heavy (non-hydrogen) atoms. The molecule has 1 aromatic carbocycles. The van der Waals surface area contributed by atoms with Crippen molar-refractivity contribution in [3.8, 4) is 0 Å². The normalized spacial score (nSPS) is 21.8. The minimum absolute atomic E-state index is 0.268. The molecule has 0 spiro atoms. The lowest BCUT2D eigenvalue weighted by Crippen LogP contribution is -2.41. The van der Waals surface area contributed by atoms with E-state index in [1.165, 1.54) is 5.56 Å². The fourth-order valence-corrected chi connectivity index (χ4v) is 3.78. The van der Waals surface area contributed by atoms with Gasteiger partial charge in [0.15, 0.2) is 0 Å². The molecule has 1 aromatic rings. The van der Waals surface area contributed by atoms with Gasteiger partial charge in [0.1, 0.15) is 0 Å². The Labute approximate surface area is 133 Å². The Morgan fingerprint density at radius 3 is 2.59 bits per heavy atom. The third kappa shape index (κ3) is 4.01. The second kappa shape index (κ2) is 7.14. The number of benzene rings is 1. The van der Waals surface area contributed by atoms with Gasteiger partial charge in [-0.2, -0.15) is 0 Å². The van der Waals surface area contributed by atoms with Crippen LogP contribution in [-0.2, 0) is 6.42 Å². The Kier molecular flexibility index (Phi) is 5.46. The Morgan fingerprint density at radius 2 is 2.05 bits per heavy atom. The minimum Gasteiger partial charge on any atom is -0.465 e. The van der Waals surface area contributed by atoms with Gasteiger partial charge in [-0.3, -0.25) is 0 Å². The number of aryl methyl sites for hydroxylation is 1. The highest BCUT2D eigenvalue weighted by molar-refractivity contribution is 5.66. The van der Waals surface area contributed by atoms with Crippen molar-refractivity contribution in [3.05, 3.63) is 35.9 Å². The molecule has 0 radical (unpaired) electrons. The number of rotatable bonds is 6. The number of hydrogen-bond acceptors (Lipinski definition) is 2. The summed E-state index contributed by atoms with van der Waals surface area (Å²) >= 11 is 0. The Morgan fingerprint density at radius 1 is 1.36 bits per heavy atom. The fraction of sp³-hybridized carbons (Fsp3) is 0.611. The topological polar surface area (TPSA) is 66.6 Å². The van der Waals surface area contributed by atoms with Crippen LogP contribution in [0.4, 0.5) is 4.79 Å². The standard InChI is InChI=1S/C18H28N2O2/c1-18(2)12-16(13-20(18)17(21)22)15(10-11-19)9-8-14-6-4-3-5-7-14/h3-7,15-16H,8-13,19H2,1-2H3,(H,21,22). The monoisotopic (exact) mass is 304 g/mol. The molecule has 1 fully saturated rings. The van der Waals surface area contributed by atoms with E-state index in [4.69, 9.17) is 5.73 Å². The summed E-state index contributed by atoms with van der Waals surface area (Å²) in [5.41, 5.74) is 6.87. The second-order valence-electron chi connectivity index (χ2n) is 7.03. The van der Waals surface area contributed by atoms with Crippen molar-refractivity contribution in [2.75, 3.05) is 13.1 Å². The van der Waals surface area contributed by atoms with Crippen LogP contribution in [0.15, 0.2) is 30.3 Å². The molecule has 1 heterocycles. The number of amides is 1. The average molecular weight is 304 g/mol. The summed E-state index contributed by atoms with van der Waals surface area (Å²) in [4.78, 5) is 13.0. The first-order chi connectivity index (χ1) is 10.4. The summed E-state index contributed by atoms with van der Waals surface area (Å²) in [5.74, 6) is 0.909. The molecule has 1 saturated heterocycles. The van der Waals surface area contributed by atoms with E-state index in [0.717, 1.165) is 25.7 Å². The van der Waals surface area contributed by atoms with Crippen molar-refractivity contribution in [1.82, 2.24) is 4.90 Å². The van der Waals surface area contributed by atoms with E-state index < -0.39 is 6.09 Å². The lowest BCUT2D eigenvalue weighted by molar-refractivity contribution is 0.116. The maximum Gasteiger partial charge on any atom is 0.407 e. The van der Waals surface area contributed by atoms with Crippen LogP contribution in [-0.4, -0.2) is 34.7 Å². The Bertz CT molecular complexity index is 487. The van der Waals surface area contributed by atoms with Crippen molar-refractivity contribution < 1.29 is 9.90 Å². The third-order valence-corrected chi connectivity index (χ3v) is 4.99. The zero-order valence-electron chi connectivity index (χ0n) is 13.7. The van der Waals surface area contributed by atoms with Gasteiger partial charge in [0.2, 0.25) is 0 Å². The summed E-state index contributed by atoms with van der Waals surface area (Å²) < 4.78 is 0. The maximum atomic E-state index is 11.4. The molecule has 4 heteroatoms. The number of carboxylic acid groups (broad SMARTS) is 1. The van der Waals surface area contributed by atoms with E-state index in [0.29, 0.717) is 24.9 Å². The summed E-state index contributed by atoms with van der Waals surface area (Å²) in [6.07, 6.45) is 3.21. The zero-order chi connectivity index (χ0) is 16.2. The smallest absolute Gasteiger partial charge is 0.407 e. The molecule has 1 amide bonds. The molecule has 0 saturated carbocycles. The highest BCUT2D eigenvalue weighted by atomic mass is 16.4. The number of hydrogen-bond donors (Lipinski definition) is 2. The van der Waals surface area contributed by atoms with E-state index in [2.05, 4.69) is 24.3 Å². The van der Waals surface area contributed by atoms with Crippen LogP contribution in [0.3, 0.4) is 0 Å². The van der Waals surface area contributed by atoms with Crippen molar-refractivity contribution in [3.63, 3.8) is 0 Å². The summed E-state index contributed by atoms with van der Waals surface area (Å²) in [6.45, 7) is 5.36. The van der Waals surface area contributed by atoms with Crippen LogP contribution in [0.25, 0.3) is 0 Å². The van der Waals surface area contributed by atoms with Crippen LogP contribution < -0.4 is 5.73 Å². The molecule has 122 valence electrons. The molecule has 4 nitrogen and oxygen atoms in total. The minimum atomic E-state index is -0.804. The number of likely N-dealkylation sites (tertiary alicyclic amines) is 1. The second-order valence-corrected chi connectivity index (χ2v) is 7.03. The van der Waals surface area contributed by atoms with Gasteiger partial charge in [0.25, 0.3) is 0 Å². The summed E-state index contributed by atoms with van der Waals surface area (Å²) in [7, 11) is 0. The van der Waals surface area contributed by atoms with Crippen LogP contribution >= 0.6 is 0 Å². The molecule has 0 aliphatic carbocycles. The predicted octanol–water partition coefficient (Wildman–Crippen LogP) is 3.36. The third-order valence-electron chi connectivity index (χ3n) is 4.99. The van der Waals surface area contributed by atoms with E-state index in [1.807, 2.05) is 19.9 Å². The van der Waals surface area contributed by atoms with Crippen molar-refractivity contribution in [2.45, 2.75) is 45.1 Å². The summed E-state index contributed by atoms with van der Waals surface area (Å²) in [6, 6.07) is 10.5. The van der Waals surface area contributed by atoms with Gasteiger partial charge in [0.05, 0.1) is 0 Å². The van der Waals surface area contributed by atoms with Gasteiger partial charge in [0, 0.05) is 12.1 Å². The molecule has 1 aliphatic heterocycles.